The number of aliphatic hydroxyl groups is 1. The minimum Gasteiger partial charge on any atom is -0.502 e. The number of unbranched alkanes of at least 4 members (excludes halogenated alkanes) is 1. The van der Waals surface area contributed by atoms with E-state index < -0.39 is 18.2 Å². The number of amides is 2. The van der Waals surface area contributed by atoms with Gasteiger partial charge in [-0.05, 0) is 106 Å². The maximum absolute atomic E-state index is 13.4. The summed E-state index contributed by atoms with van der Waals surface area (Å²) in [5.41, 5.74) is 7.98. The quantitative estimate of drug-likeness (QED) is 0.0943. The highest BCUT2D eigenvalue weighted by molar-refractivity contribution is 5.75. The Morgan fingerprint density at radius 1 is 0.940 bits per heavy atom. The zero-order valence-electron chi connectivity index (χ0n) is 29.6. The Morgan fingerprint density at radius 3 is 2.26 bits per heavy atom. The van der Waals surface area contributed by atoms with Gasteiger partial charge in [0.05, 0.1) is 26.9 Å². The lowest BCUT2D eigenvalue weighted by Crippen LogP contribution is -2.47. The summed E-state index contributed by atoms with van der Waals surface area (Å²) >= 11 is 0. The number of ether oxygens (including phenoxy) is 5. The molecule has 2 heterocycles. The molecule has 0 bridgehead atoms. The van der Waals surface area contributed by atoms with Gasteiger partial charge in [-0.25, -0.2) is 4.79 Å². The number of hydrogen-bond donors (Lipinski definition) is 8. The molecule has 14 heteroatoms. The van der Waals surface area contributed by atoms with Crippen molar-refractivity contribution in [1.82, 2.24) is 26.6 Å². The van der Waals surface area contributed by atoms with Crippen LogP contribution < -0.4 is 51.3 Å². The van der Waals surface area contributed by atoms with Crippen LogP contribution in [0.2, 0.25) is 0 Å². The fourth-order valence-corrected chi connectivity index (χ4v) is 7.35. The molecule has 0 aromatic heterocycles. The molecule has 6 atom stereocenters. The summed E-state index contributed by atoms with van der Waals surface area (Å²) in [6.07, 6.45) is 4.23. The van der Waals surface area contributed by atoms with E-state index in [-0.39, 0.29) is 48.5 Å². The number of methoxy groups -OCH3 is 2. The number of carbonyl (C=O) groups is 1. The Morgan fingerprint density at radius 2 is 1.60 bits per heavy atom. The number of urea groups is 1. The van der Waals surface area contributed by atoms with E-state index in [1.54, 1.807) is 12.1 Å². The Kier molecular flexibility index (Phi) is 14.1. The molecule has 3 aliphatic rings. The van der Waals surface area contributed by atoms with E-state index in [0.717, 1.165) is 81.5 Å². The zero-order chi connectivity index (χ0) is 35.5. The average Bonchev–Trinajstić information content (AvgIpc) is 3.75. The van der Waals surface area contributed by atoms with E-state index in [0.29, 0.717) is 30.6 Å². The molecule has 0 radical (unpaired) electrons. The van der Waals surface area contributed by atoms with Crippen molar-refractivity contribution in [3.05, 3.63) is 41.0 Å². The lowest BCUT2D eigenvalue weighted by molar-refractivity contribution is -0.0855. The van der Waals surface area contributed by atoms with Crippen molar-refractivity contribution < 1.29 is 38.7 Å². The van der Waals surface area contributed by atoms with Gasteiger partial charge in [0.15, 0.2) is 29.3 Å². The van der Waals surface area contributed by atoms with Crippen molar-refractivity contribution in [2.75, 3.05) is 73.4 Å². The molecule has 5 rings (SSSR count). The van der Waals surface area contributed by atoms with E-state index in [1.807, 2.05) is 12.1 Å². The largest absolute Gasteiger partial charge is 0.502 e. The number of fused-ring (bicyclic) bond motifs is 3. The molecular formula is C36H56N6O8. The molecule has 278 valence electrons. The summed E-state index contributed by atoms with van der Waals surface area (Å²) in [5, 5.41) is 38.5. The molecule has 3 unspecified atom stereocenters. The summed E-state index contributed by atoms with van der Waals surface area (Å²) in [6.45, 7) is 8.30. The van der Waals surface area contributed by atoms with Crippen LogP contribution in [0.4, 0.5) is 4.79 Å². The number of carbonyl (C=O) groups excluding carboxylic acids is 1. The third-order valence-electron chi connectivity index (χ3n) is 10.0. The standard InChI is InChI=1S/C36H56N6O8/c1-4-23(8-13-39-11-6-5-10-38-12-7-9-37)40-14-15-41-36(45)42-33-25-19-28-27(49-21-50-28)18-24(25)31(32-26(33)20-48-35(32)44)22-16-29(46-2)34(43)30(17-22)47-3/h16-19,23,26,31-33,35,38-40,43-44H,4-15,20-21,37H2,1-3H3,(H2,41,42,45)/t23?,26-,31?,32-,33+,35?/m0/s1. The second-order valence-corrected chi connectivity index (χ2v) is 13.1. The normalized spacial score (nSPS) is 22.5. The highest BCUT2D eigenvalue weighted by atomic mass is 16.7. The van der Waals surface area contributed by atoms with Crippen LogP contribution in [-0.2, 0) is 4.74 Å². The van der Waals surface area contributed by atoms with Crippen LogP contribution in [0.5, 0.6) is 28.7 Å². The van der Waals surface area contributed by atoms with Gasteiger partial charge >= 0.3 is 6.03 Å². The zero-order valence-corrected chi connectivity index (χ0v) is 29.6. The maximum Gasteiger partial charge on any atom is 0.315 e. The van der Waals surface area contributed by atoms with Crippen LogP contribution in [0.3, 0.4) is 0 Å². The number of rotatable bonds is 20. The second kappa shape index (κ2) is 18.6. The Bertz CT molecular complexity index is 1370. The fourth-order valence-electron chi connectivity index (χ4n) is 7.35. The molecule has 2 aromatic rings. The van der Waals surface area contributed by atoms with E-state index in [9.17, 15) is 15.0 Å². The van der Waals surface area contributed by atoms with E-state index in [4.69, 9.17) is 29.4 Å². The summed E-state index contributed by atoms with van der Waals surface area (Å²) < 4.78 is 28.2. The summed E-state index contributed by atoms with van der Waals surface area (Å²) in [4.78, 5) is 13.4. The summed E-state index contributed by atoms with van der Waals surface area (Å²) in [6, 6.07) is 6.89. The molecule has 0 saturated carbocycles. The molecule has 50 heavy (non-hydrogen) atoms. The lowest BCUT2D eigenvalue weighted by atomic mass is 9.65. The van der Waals surface area contributed by atoms with Crippen LogP contribution in [-0.4, -0.2) is 102 Å². The summed E-state index contributed by atoms with van der Waals surface area (Å²) in [5.74, 6) is 0.487. The number of aromatic hydroxyl groups is 1. The first-order valence-electron chi connectivity index (χ1n) is 18.0. The molecule has 14 nitrogen and oxygen atoms in total. The van der Waals surface area contributed by atoms with Crippen molar-refractivity contribution in [3.8, 4) is 28.7 Å². The molecule has 2 amide bonds. The number of phenolic OH excluding ortho intramolecular Hbond substituents is 1. The van der Waals surface area contributed by atoms with Crippen molar-refractivity contribution in [1.29, 1.82) is 0 Å². The second-order valence-electron chi connectivity index (χ2n) is 13.1. The van der Waals surface area contributed by atoms with Crippen LogP contribution in [0.15, 0.2) is 24.3 Å². The predicted octanol–water partition coefficient (Wildman–Crippen LogP) is 2.27. The van der Waals surface area contributed by atoms with Gasteiger partial charge in [0.25, 0.3) is 0 Å². The van der Waals surface area contributed by atoms with Gasteiger partial charge in [-0.3, -0.25) is 0 Å². The lowest BCUT2D eigenvalue weighted by Gasteiger charge is -2.41. The smallest absolute Gasteiger partial charge is 0.315 e. The van der Waals surface area contributed by atoms with Crippen molar-refractivity contribution >= 4 is 6.03 Å². The monoisotopic (exact) mass is 700 g/mol. The van der Waals surface area contributed by atoms with Gasteiger partial charge in [-0.15, -0.1) is 0 Å². The Balaban J connectivity index is 1.19. The number of nitrogens with two attached hydrogens (primary N) is 1. The van der Waals surface area contributed by atoms with Gasteiger partial charge in [0.2, 0.25) is 12.5 Å². The topological polar surface area (TPSA) is 190 Å². The van der Waals surface area contributed by atoms with Crippen molar-refractivity contribution in [2.45, 2.75) is 63.3 Å². The molecular weight excluding hydrogens is 644 g/mol. The van der Waals surface area contributed by atoms with Gasteiger partial charge < -0.3 is 66.2 Å². The number of nitrogens with one attached hydrogen (secondary N) is 5. The Labute approximate surface area is 295 Å². The SMILES string of the molecule is CCC(CCNCCCCNCCCN)NCCNC(=O)N[C@@H]1c2cc3c(cc2C(c2cc(OC)c(O)c(OC)c2)[C@H]2C(O)OC[C@@H]21)OCO3. The van der Waals surface area contributed by atoms with Gasteiger partial charge in [0, 0.05) is 36.9 Å². The summed E-state index contributed by atoms with van der Waals surface area (Å²) in [7, 11) is 2.95. The van der Waals surface area contributed by atoms with Gasteiger partial charge in [-0.1, -0.05) is 6.92 Å². The molecule has 2 aromatic carbocycles. The molecule has 1 aliphatic carbocycles. The average molecular weight is 701 g/mol. The van der Waals surface area contributed by atoms with Crippen molar-refractivity contribution in [2.24, 2.45) is 17.6 Å². The highest BCUT2D eigenvalue weighted by Gasteiger charge is 2.52. The van der Waals surface area contributed by atoms with Crippen molar-refractivity contribution in [3.63, 3.8) is 0 Å². The first kappa shape index (κ1) is 37.7. The van der Waals surface area contributed by atoms with Crippen LogP contribution >= 0.6 is 0 Å². The van der Waals surface area contributed by atoms with Crippen LogP contribution in [0.25, 0.3) is 0 Å². The molecule has 0 spiro atoms. The molecule has 9 N–H and O–H groups in total. The molecule has 1 saturated heterocycles. The number of aliphatic hydroxyl groups excluding tert-OH is 1. The minimum atomic E-state index is -1.09. The van der Waals surface area contributed by atoms with Crippen LogP contribution in [0, 0.1) is 11.8 Å². The van der Waals surface area contributed by atoms with Gasteiger partial charge in [-0.2, -0.15) is 0 Å². The predicted molar refractivity (Wildman–Crippen MR) is 189 cm³/mol. The van der Waals surface area contributed by atoms with Crippen LogP contribution in [0.1, 0.15) is 67.7 Å². The van der Waals surface area contributed by atoms with E-state index >= 15 is 0 Å². The number of benzene rings is 2. The van der Waals surface area contributed by atoms with E-state index in [2.05, 4.69) is 33.5 Å². The van der Waals surface area contributed by atoms with E-state index in [1.165, 1.54) is 14.2 Å². The third kappa shape index (κ3) is 9.03. The minimum absolute atomic E-state index is 0.0937. The molecule has 1 fully saturated rings. The first-order chi connectivity index (χ1) is 24.4. The van der Waals surface area contributed by atoms with Gasteiger partial charge in [0.1, 0.15) is 0 Å². The number of hydrogen-bond acceptors (Lipinski definition) is 12. The molecule has 2 aliphatic heterocycles. The maximum atomic E-state index is 13.4. The number of phenols is 1. The highest BCUT2D eigenvalue weighted by Crippen LogP contribution is 2.56. The third-order valence-corrected chi connectivity index (χ3v) is 10.0. The first-order valence-corrected chi connectivity index (χ1v) is 18.0. The fraction of sp³-hybridized carbons (Fsp3) is 0.639. The Hall–Kier alpha value is -3.53.